The zero-order chi connectivity index (χ0) is 19.5. The van der Waals surface area contributed by atoms with Crippen molar-refractivity contribution in [2.24, 2.45) is 0 Å². The highest BCUT2D eigenvalue weighted by Crippen LogP contribution is 2.24. The molecule has 0 radical (unpaired) electrons. The lowest BCUT2D eigenvalue weighted by molar-refractivity contribution is 0.115. The minimum atomic E-state index is -0.326. The highest BCUT2D eigenvalue weighted by molar-refractivity contribution is 5.73. The zero-order valence-electron chi connectivity index (χ0n) is 16.0. The number of nitrogens with zero attached hydrogens (tertiary/aromatic N) is 2. The number of anilines is 1. The summed E-state index contributed by atoms with van der Waals surface area (Å²) >= 11 is 0. The Bertz CT molecular complexity index is 691. The SMILES string of the molecule is C=C/C=C(\C=C)COC(=O)N1CC=C(c2cc(C)nc(N)c2)CC1.CC.[HH]. The smallest absolute Gasteiger partial charge is 0.410 e. The van der Waals surface area contributed by atoms with Gasteiger partial charge in [0.2, 0.25) is 0 Å². The fraction of sp³-hybridized carbons (Fsp3) is 0.333. The second kappa shape index (κ2) is 10.9. The number of pyridine rings is 1. The summed E-state index contributed by atoms with van der Waals surface area (Å²) < 4.78 is 5.31. The number of aromatic nitrogens is 1. The molecule has 5 nitrogen and oxygen atoms in total. The molecule has 0 unspecified atom stereocenters. The van der Waals surface area contributed by atoms with Crippen LogP contribution in [-0.4, -0.2) is 35.7 Å². The van der Waals surface area contributed by atoms with Gasteiger partial charge in [-0.2, -0.15) is 0 Å². The molecule has 1 aliphatic heterocycles. The molecule has 1 aromatic heterocycles. The third kappa shape index (κ3) is 6.24. The fourth-order valence-corrected chi connectivity index (χ4v) is 2.54. The number of carbonyl (C=O) groups excluding carboxylic acids is 1. The predicted molar refractivity (Wildman–Crippen MR) is 111 cm³/mol. The Morgan fingerprint density at radius 2 is 2.15 bits per heavy atom. The molecule has 0 atom stereocenters. The van der Waals surface area contributed by atoms with Crippen LogP contribution in [0.4, 0.5) is 10.6 Å². The van der Waals surface area contributed by atoms with Gasteiger partial charge in [0.05, 0.1) is 0 Å². The van der Waals surface area contributed by atoms with Crippen molar-refractivity contribution < 1.29 is 11.0 Å². The van der Waals surface area contributed by atoms with Crippen molar-refractivity contribution in [3.63, 3.8) is 0 Å². The number of allylic oxidation sites excluding steroid dienone is 2. The second-order valence-corrected chi connectivity index (χ2v) is 5.58. The zero-order valence-corrected chi connectivity index (χ0v) is 16.0. The van der Waals surface area contributed by atoms with Crippen molar-refractivity contribution in [2.75, 3.05) is 25.4 Å². The van der Waals surface area contributed by atoms with Gasteiger partial charge in [0.1, 0.15) is 12.4 Å². The lowest BCUT2D eigenvalue weighted by Crippen LogP contribution is -2.35. The summed E-state index contributed by atoms with van der Waals surface area (Å²) in [5.41, 5.74) is 9.75. The lowest BCUT2D eigenvalue weighted by atomic mass is 10.00. The monoisotopic (exact) mass is 357 g/mol. The van der Waals surface area contributed by atoms with Gasteiger partial charge in [0, 0.05) is 20.2 Å². The average Bonchev–Trinajstić information content (AvgIpc) is 2.66. The summed E-state index contributed by atoms with van der Waals surface area (Å²) in [4.78, 5) is 18.0. The van der Waals surface area contributed by atoms with Gasteiger partial charge in [0.15, 0.2) is 0 Å². The number of hydrogen-bond donors (Lipinski definition) is 1. The van der Waals surface area contributed by atoms with Crippen LogP contribution in [0.2, 0.25) is 0 Å². The number of aryl methyl sites for hydroxylation is 1. The molecule has 0 fully saturated rings. The summed E-state index contributed by atoms with van der Waals surface area (Å²) in [6, 6.07) is 3.87. The van der Waals surface area contributed by atoms with E-state index in [2.05, 4.69) is 18.1 Å². The fourth-order valence-electron chi connectivity index (χ4n) is 2.54. The number of nitrogen functional groups attached to an aromatic ring is 1. The molecule has 1 amide bonds. The number of amides is 1. The van der Waals surface area contributed by atoms with Crippen molar-refractivity contribution in [1.82, 2.24) is 9.88 Å². The standard InChI is InChI=1S/C19H23N3O2.C2H6.H2/c1-4-6-15(5-2)13-24-19(23)22-9-7-16(8-10-22)17-11-14(3)21-18(20)12-17;1-2;/h4-7,11-12H,1-2,8-10,13H2,3H3,(H2,20,21);1-2H3;1H/b15-6+;;. The van der Waals surface area contributed by atoms with E-state index in [0.717, 1.165) is 23.3 Å². The van der Waals surface area contributed by atoms with Crippen molar-refractivity contribution >= 4 is 17.5 Å². The number of hydrogen-bond acceptors (Lipinski definition) is 4. The van der Waals surface area contributed by atoms with Crippen LogP contribution in [-0.2, 0) is 4.74 Å². The molecule has 0 spiro atoms. The first-order valence-corrected chi connectivity index (χ1v) is 8.82. The van der Waals surface area contributed by atoms with E-state index in [0.29, 0.717) is 18.9 Å². The highest BCUT2D eigenvalue weighted by Gasteiger charge is 2.19. The van der Waals surface area contributed by atoms with Gasteiger partial charge in [-0.1, -0.05) is 51.3 Å². The predicted octanol–water partition coefficient (Wildman–Crippen LogP) is 4.77. The third-order valence-corrected chi connectivity index (χ3v) is 3.77. The minimum Gasteiger partial charge on any atom is -0.445 e. The molecule has 0 bridgehead atoms. The van der Waals surface area contributed by atoms with Crippen molar-refractivity contribution in [3.8, 4) is 0 Å². The Labute approximate surface area is 158 Å². The maximum Gasteiger partial charge on any atom is 0.410 e. The molecule has 1 aliphatic rings. The van der Waals surface area contributed by atoms with Crippen molar-refractivity contribution in [2.45, 2.75) is 27.2 Å². The Balaban J connectivity index is 0.00000218. The van der Waals surface area contributed by atoms with Gasteiger partial charge < -0.3 is 15.4 Å². The number of ether oxygens (including phenoxy) is 1. The van der Waals surface area contributed by atoms with E-state index in [1.54, 1.807) is 23.1 Å². The number of nitrogens with two attached hydrogens (primary N) is 1. The van der Waals surface area contributed by atoms with Crippen LogP contribution < -0.4 is 5.73 Å². The van der Waals surface area contributed by atoms with Gasteiger partial charge in [-0.25, -0.2) is 9.78 Å². The molecular weight excluding hydrogens is 326 g/mol. The van der Waals surface area contributed by atoms with Crippen molar-refractivity contribution in [3.05, 3.63) is 66.4 Å². The molecule has 2 N–H and O–H groups in total. The summed E-state index contributed by atoms with van der Waals surface area (Å²) in [6.45, 7) is 14.5. The van der Waals surface area contributed by atoms with Crippen LogP contribution in [0.3, 0.4) is 0 Å². The summed E-state index contributed by atoms with van der Waals surface area (Å²) in [5.74, 6) is 0.513. The number of carbonyl (C=O) groups is 1. The molecule has 26 heavy (non-hydrogen) atoms. The van der Waals surface area contributed by atoms with Crippen LogP contribution in [0.5, 0.6) is 0 Å². The lowest BCUT2D eigenvalue weighted by Gasteiger charge is -2.26. The third-order valence-electron chi connectivity index (χ3n) is 3.77. The van der Waals surface area contributed by atoms with E-state index in [1.807, 2.05) is 39.0 Å². The van der Waals surface area contributed by atoms with E-state index in [4.69, 9.17) is 10.5 Å². The molecule has 0 aromatic carbocycles. The molecular formula is C21H31N3O2. The Hall–Kier alpha value is -2.82. The topological polar surface area (TPSA) is 68.5 Å². The van der Waals surface area contributed by atoms with Crippen molar-refractivity contribution in [1.29, 1.82) is 0 Å². The summed E-state index contributed by atoms with van der Waals surface area (Å²) in [6.07, 6.45) is 7.53. The Kier molecular flexibility index (Phi) is 8.92. The molecule has 5 heteroatoms. The first-order valence-electron chi connectivity index (χ1n) is 8.82. The molecule has 2 heterocycles. The van der Waals surface area contributed by atoms with Gasteiger partial charge in [-0.3, -0.25) is 0 Å². The van der Waals surface area contributed by atoms with E-state index >= 15 is 0 Å². The van der Waals surface area contributed by atoms with E-state index in [-0.39, 0.29) is 14.1 Å². The van der Waals surface area contributed by atoms with Crippen LogP contribution in [0.15, 0.2) is 55.2 Å². The highest BCUT2D eigenvalue weighted by atomic mass is 16.6. The Morgan fingerprint density at radius 3 is 2.69 bits per heavy atom. The minimum absolute atomic E-state index is 0. The maximum absolute atomic E-state index is 12.1. The van der Waals surface area contributed by atoms with Gasteiger partial charge >= 0.3 is 6.09 Å². The molecule has 142 valence electrons. The number of rotatable bonds is 5. The molecule has 0 aliphatic carbocycles. The van der Waals surface area contributed by atoms with Gasteiger partial charge in [0.25, 0.3) is 0 Å². The summed E-state index contributed by atoms with van der Waals surface area (Å²) in [7, 11) is 0. The molecule has 0 saturated heterocycles. The maximum atomic E-state index is 12.1. The first-order chi connectivity index (χ1) is 12.5. The average molecular weight is 357 g/mol. The van der Waals surface area contributed by atoms with E-state index in [1.165, 1.54) is 5.57 Å². The van der Waals surface area contributed by atoms with Gasteiger partial charge in [-0.05, 0) is 42.2 Å². The largest absolute Gasteiger partial charge is 0.445 e. The van der Waals surface area contributed by atoms with Crippen LogP contribution in [0.25, 0.3) is 5.57 Å². The molecule has 2 rings (SSSR count). The van der Waals surface area contributed by atoms with E-state index < -0.39 is 0 Å². The van der Waals surface area contributed by atoms with Crippen LogP contribution in [0.1, 0.15) is 33.0 Å². The first kappa shape index (κ1) is 21.2. The quantitative estimate of drug-likeness (QED) is 0.771. The molecule has 0 saturated carbocycles. The van der Waals surface area contributed by atoms with Gasteiger partial charge in [-0.15, -0.1) is 0 Å². The van der Waals surface area contributed by atoms with Crippen LogP contribution >= 0.6 is 0 Å². The summed E-state index contributed by atoms with van der Waals surface area (Å²) in [5, 5.41) is 0. The van der Waals surface area contributed by atoms with E-state index in [9.17, 15) is 4.79 Å². The molecule has 1 aromatic rings. The second-order valence-electron chi connectivity index (χ2n) is 5.58. The Morgan fingerprint density at radius 1 is 1.42 bits per heavy atom. The van der Waals surface area contributed by atoms with Crippen LogP contribution in [0, 0.1) is 6.92 Å². The normalized spacial score (nSPS) is 13.9.